The van der Waals surface area contributed by atoms with Gasteiger partial charge in [0.2, 0.25) is 0 Å². The molecule has 0 saturated heterocycles. The third-order valence-corrected chi connectivity index (χ3v) is 3.86. The maximum Gasteiger partial charge on any atom is 0.271 e. The Morgan fingerprint density at radius 1 is 1.44 bits per heavy atom. The van der Waals surface area contributed by atoms with Crippen molar-refractivity contribution in [2.75, 3.05) is 5.32 Å². The number of hydrogen-bond acceptors (Lipinski definition) is 3. The number of nitrogens with zero attached hydrogens (tertiary/aromatic N) is 1. The molecule has 0 heterocycles. The number of non-ortho nitro benzene ring substituents is 1. The third-order valence-electron chi connectivity index (χ3n) is 3.86. The summed E-state index contributed by atoms with van der Waals surface area (Å²) in [6.45, 7) is 0. The van der Waals surface area contributed by atoms with Crippen molar-refractivity contribution < 1.29 is 9.31 Å². The standard InChI is InChI=1S/C13H13FN2O2/c14-11-5-4-9(16(17)18)7-13(11)15-12-6-8-2-1-3-10(8)12/h1,3-5,7-8,10,12,15H,2,6H2. The molecule has 0 spiro atoms. The molecule has 5 heteroatoms. The first-order valence-electron chi connectivity index (χ1n) is 6.02. The fourth-order valence-corrected chi connectivity index (χ4v) is 2.82. The molecule has 3 rings (SSSR count). The average Bonchev–Trinajstić information content (AvgIpc) is 2.69. The number of anilines is 1. The molecular formula is C13H13FN2O2. The normalized spacial score (nSPS) is 28.6. The maximum atomic E-state index is 13.6. The first-order chi connectivity index (χ1) is 8.65. The average molecular weight is 248 g/mol. The topological polar surface area (TPSA) is 55.2 Å². The SMILES string of the molecule is O=[N+]([O-])c1ccc(F)c(NC2CC3CC=CC32)c1. The maximum absolute atomic E-state index is 13.6. The van der Waals surface area contributed by atoms with Gasteiger partial charge in [-0.1, -0.05) is 12.2 Å². The smallest absolute Gasteiger partial charge is 0.271 e. The molecule has 1 aromatic carbocycles. The minimum Gasteiger partial charge on any atom is -0.379 e. The molecule has 0 radical (unpaired) electrons. The van der Waals surface area contributed by atoms with Gasteiger partial charge in [0.1, 0.15) is 5.82 Å². The van der Waals surface area contributed by atoms with Crippen LogP contribution in [0.5, 0.6) is 0 Å². The van der Waals surface area contributed by atoms with Crippen LogP contribution in [0.15, 0.2) is 30.4 Å². The van der Waals surface area contributed by atoms with Gasteiger partial charge in [-0.3, -0.25) is 10.1 Å². The summed E-state index contributed by atoms with van der Waals surface area (Å²) >= 11 is 0. The Morgan fingerprint density at radius 2 is 2.28 bits per heavy atom. The lowest BCUT2D eigenvalue weighted by Gasteiger charge is -2.41. The molecule has 0 amide bonds. The van der Waals surface area contributed by atoms with E-state index in [-0.39, 0.29) is 17.4 Å². The van der Waals surface area contributed by atoms with Crippen molar-refractivity contribution in [1.29, 1.82) is 0 Å². The fraction of sp³-hybridized carbons (Fsp3) is 0.385. The van der Waals surface area contributed by atoms with E-state index >= 15 is 0 Å². The Hall–Kier alpha value is -1.91. The summed E-state index contributed by atoms with van der Waals surface area (Å²) in [7, 11) is 0. The quantitative estimate of drug-likeness (QED) is 0.508. The van der Waals surface area contributed by atoms with Crippen molar-refractivity contribution in [2.24, 2.45) is 11.8 Å². The Balaban J connectivity index is 1.78. The van der Waals surface area contributed by atoms with Gasteiger partial charge in [-0.2, -0.15) is 0 Å². The minimum absolute atomic E-state index is 0.0864. The minimum atomic E-state index is -0.510. The van der Waals surface area contributed by atoms with Crippen LogP contribution >= 0.6 is 0 Å². The largest absolute Gasteiger partial charge is 0.379 e. The molecule has 2 aliphatic rings. The zero-order valence-electron chi connectivity index (χ0n) is 9.67. The summed E-state index contributed by atoms with van der Waals surface area (Å²) in [5.41, 5.74) is 0.143. The van der Waals surface area contributed by atoms with Gasteiger partial charge < -0.3 is 5.32 Å². The van der Waals surface area contributed by atoms with Gasteiger partial charge in [-0.05, 0) is 24.8 Å². The number of nitro groups is 1. The monoisotopic (exact) mass is 248 g/mol. The molecule has 0 bridgehead atoms. The zero-order chi connectivity index (χ0) is 12.7. The fourth-order valence-electron chi connectivity index (χ4n) is 2.82. The van der Waals surface area contributed by atoms with Gasteiger partial charge in [0, 0.05) is 24.1 Å². The molecule has 4 nitrogen and oxygen atoms in total. The number of allylic oxidation sites excluding steroid dienone is 1. The molecule has 0 aliphatic heterocycles. The van der Waals surface area contributed by atoms with E-state index in [0.717, 1.165) is 18.9 Å². The lowest BCUT2D eigenvalue weighted by Crippen LogP contribution is -2.43. The van der Waals surface area contributed by atoms with Crippen LogP contribution in [0, 0.1) is 27.8 Å². The number of nitrogens with one attached hydrogen (secondary N) is 1. The Kier molecular flexibility index (Phi) is 2.54. The predicted molar refractivity (Wildman–Crippen MR) is 65.8 cm³/mol. The Bertz CT molecular complexity index is 530. The first kappa shape index (κ1) is 11.2. The van der Waals surface area contributed by atoms with Crippen LogP contribution in [-0.2, 0) is 0 Å². The summed E-state index contributed by atoms with van der Waals surface area (Å²) in [6.07, 6.45) is 6.40. The van der Waals surface area contributed by atoms with Gasteiger partial charge in [0.15, 0.2) is 0 Å². The lowest BCUT2D eigenvalue weighted by molar-refractivity contribution is -0.384. The number of benzene rings is 1. The van der Waals surface area contributed by atoms with Crippen molar-refractivity contribution in [3.8, 4) is 0 Å². The van der Waals surface area contributed by atoms with Crippen LogP contribution < -0.4 is 5.32 Å². The summed E-state index contributed by atoms with van der Waals surface area (Å²) in [5.74, 6) is 0.680. The second kappa shape index (κ2) is 4.08. The van der Waals surface area contributed by atoms with Crippen LogP contribution in [0.1, 0.15) is 12.8 Å². The van der Waals surface area contributed by atoms with Crippen LogP contribution in [-0.4, -0.2) is 11.0 Å². The van der Waals surface area contributed by atoms with E-state index in [1.165, 1.54) is 12.1 Å². The number of halogens is 1. The van der Waals surface area contributed by atoms with E-state index in [1.807, 2.05) is 0 Å². The van der Waals surface area contributed by atoms with Gasteiger partial charge >= 0.3 is 0 Å². The third kappa shape index (κ3) is 1.75. The lowest BCUT2D eigenvalue weighted by atomic mass is 9.71. The van der Waals surface area contributed by atoms with Crippen molar-refractivity contribution in [1.82, 2.24) is 0 Å². The molecular weight excluding hydrogens is 235 g/mol. The van der Waals surface area contributed by atoms with Crippen molar-refractivity contribution in [3.05, 3.63) is 46.3 Å². The van der Waals surface area contributed by atoms with Gasteiger partial charge in [0.25, 0.3) is 5.69 Å². The second-order valence-electron chi connectivity index (χ2n) is 4.91. The van der Waals surface area contributed by atoms with E-state index in [1.54, 1.807) is 0 Å². The highest BCUT2D eigenvalue weighted by atomic mass is 19.1. The molecule has 2 aliphatic carbocycles. The van der Waals surface area contributed by atoms with E-state index in [0.29, 0.717) is 11.8 Å². The van der Waals surface area contributed by atoms with Gasteiger partial charge in [-0.15, -0.1) is 0 Å². The highest BCUT2D eigenvalue weighted by Gasteiger charge is 2.41. The van der Waals surface area contributed by atoms with Crippen molar-refractivity contribution >= 4 is 11.4 Å². The first-order valence-corrected chi connectivity index (χ1v) is 6.02. The molecule has 94 valence electrons. The van der Waals surface area contributed by atoms with Crippen molar-refractivity contribution in [2.45, 2.75) is 18.9 Å². The highest BCUT2D eigenvalue weighted by molar-refractivity contribution is 5.53. The van der Waals surface area contributed by atoms with Crippen LogP contribution in [0.4, 0.5) is 15.8 Å². The molecule has 1 saturated carbocycles. The van der Waals surface area contributed by atoms with Gasteiger partial charge in [0.05, 0.1) is 10.6 Å². The van der Waals surface area contributed by atoms with Crippen LogP contribution in [0.3, 0.4) is 0 Å². The van der Waals surface area contributed by atoms with Crippen LogP contribution in [0.25, 0.3) is 0 Å². The number of rotatable bonds is 3. The molecule has 1 fully saturated rings. The summed E-state index contributed by atoms with van der Waals surface area (Å²) in [4.78, 5) is 10.2. The number of nitro benzene ring substituents is 1. The molecule has 0 aromatic heterocycles. The van der Waals surface area contributed by atoms with E-state index in [9.17, 15) is 14.5 Å². The predicted octanol–water partition coefficient (Wildman–Crippen LogP) is 3.11. The Labute approximate surface area is 104 Å². The molecule has 1 aromatic rings. The van der Waals surface area contributed by atoms with Gasteiger partial charge in [-0.25, -0.2) is 4.39 Å². The molecule has 3 atom stereocenters. The second-order valence-corrected chi connectivity index (χ2v) is 4.91. The molecule has 18 heavy (non-hydrogen) atoms. The number of hydrogen-bond donors (Lipinski definition) is 1. The summed E-state index contributed by atoms with van der Waals surface area (Å²) in [6, 6.07) is 3.78. The van der Waals surface area contributed by atoms with Crippen molar-refractivity contribution in [3.63, 3.8) is 0 Å². The summed E-state index contributed by atoms with van der Waals surface area (Å²) in [5, 5.41) is 13.7. The zero-order valence-corrected chi connectivity index (χ0v) is 9.67. The van der Waals surface area contributed by atoms with Crippen LogP contribution in [0.2, 0.25) is 0 Å². The van der Waals surface area contributed by atoms with E-state index in [4.69, 9.17) is 0 Å². The number of fused-ring (bicyclic) bond motifs is 1. The molecule has 3 unspecified atom stereocenters. The molecule has 1 N–H and O–H groups in total. The van der Waals surface area contributed by atoms with E-state index < -0.39 is 10.7 Å². The highest BCUT2D eigenvalue weighted by Crippen LogP contribution is 2.44. The summed E-state index contributed by atoms with van der Waals surface area (Å²) < 4.78 is 13.6. The van der Waals surface area contributed by atoms with E-state index in [2.05, 4.69) is 17.5 Å². The Morgan fingerprint density at radius 3 is 3.00 bits per heavy atom.